The van der Waals surface area contributed by atoms with Crippen molar-refractivity contribution in [3.8, 4) is 5.75 Å². The predicted molar refractivity (Wildman–Crippen MR) is 82.7 cm³/mol. The molecular formula is C17H29NO. The molecule has 0 aliphatic rings. The van der Waals surface area contributed by atoms with Crippen molar-refractivity contribution in [1.82, 2.24) is 5.32 Å². The zero-order chi connectivity index (χ0) is 13.9. The average Bonchev–Trinajstić information content (AvgIpc) is 2.41. The molecule has 1 aromatic carbocycles. The summed E-state index contributed by atoms with van der Waals surface area (Å²) < 4.78 is 5.75. The van der Waals surface area contributed by atoms with Crippen LogP contribution in [0.25, 0.3) is 0 Å². The van der Waals surface area contributed by atoms with E-state index in [4.69, 9.17) is 4.74 Å². The van der Waals surface area contributed by atoms with Crippen LogP contribution in [0.3, 0.4) is 0 Å². The highest BCUT2D eigenvalue weighted by Gasteiger charge is 2.10. The molecule has 108 valence electrons. The van der Waals surface area contributed by atoms with Gasteiger partial charge in [0, 0.05) is 0 Å². The molecule has 1 rings (SSSR count). The van der Waals surface area contributed by atoms with Crippen molar-refractivity contribution in [2.75, 3.05) is 19.7 Å². The molecule has 0 aromatic heterocycles. The van der Waals surface area contributed by atoms with Crippen LogP contribution < -0.4 is 10.1 Å². The second kappa shape index (κ2) is 9.85. The van der Waals surface area contributed by atoms with Crippen molar-refractivity contribution in [3.63, 3.8) is 0 Å². The summed E-state index contributed by atoms with van der Waals surface area (Å²) in [6, 6.07) is 10.1. The summed E-state index contributed by atoms with van der Waals surface area (Å²) in [6.45, 7) is 9.81. The van der Waals surface area contributed by atoms with Gasteiger partial charge in [0.15, 0.2) is 0 Å². The monoisotopic (exact) mass is 263 g/mol. The minimum absolute atomic E-state index is 0.777. The van der Waals surface area contributed by atoms with Crippen LogP contribution in [0.4, 0.5) is 0 Å². The number of rotatable bonds is 10. The molecule has 0 aliphatic heterocycles. The second-order valence-corrected chi connectivity index (χ2v) is 5.61. The summed E-state index contributed by atoms with van der Waals surface area (Å²) in [4.78, 5) is 0. The molecule has 0 spiro atoms. The van der Waals surface area contributed by atoms with E-state index in [1.165, 1.54) is 12.8 Å². The Labute approximate surface area is 118 Å². The van der Waals surface area contributed by atoms with Gasteiger partial charge in [0.25, 0.3) is 0 Å². The van der Waals surface area contributed by atoms with Crippen LogP contribution in [-0.2, 0) is 0 Å². The molecule has 0 fully saturated rings. The van der Waals surface area contributed by atoms with Crippen molar-refractivity contribution in [1.29, 1.82) is 0 Å². The third-order valence-electron chi connectivity index (χ3n) is 3.26. The first-order chi connectivity index (χ1) is 9.22. The quantitative estimate of drug-likeness (QED) is 0.641. The molecule has 1 aromatic rings. The van der Waals surface area contributed by atoms with Gasteiger partial charge in [-0.25, -0.2) is 0 Å². The maximum Gasteiger partial charge on any atom is 0.119 e. The first-order valence-electron chi connectivity index (χ1n) is 7.61. The van der Waals surface area contributed by atoms with E-state index in [9.17, 15) is 0 Å². The normalized spacial score (nSPS) is 12.6. The SMILES string of the molecule is CCNCC(CCCOc1ccccc1)CC(C)C. The van der Waals surface area contributed by atoms with E-state index in [1.807, 2.05) is 30.3 Å². The molecule has 19 heavy (non-hydrogen) atoms. The van der Waals surface area contributed by atoms with Gasteiger partial charge in [0.05, 0.1) is 6.61 Å². The topological polar surface area (TPSA) is 21.3 Å². The van der Waals surface area contributed by atoms with Crippen molar-refractivity contribution < 1.29 is 4.74 Å². The Balaban J connectivity index is 2.19. The van der Waals surface area contributed by atoms with Gasteiger partial charge in [-0.2, -0.15) is 0 Å². The van der Waals surface area contributed by atoms with Crippen molar-refractivity contribution >= 4 is 0 Å². The molecule has 0 saturated carbocycles. The molecule has 0 bridgehead atoms. The standard InChI is InChI=1S/C17H29NO/c1-4-18-14-16(13-15(2)3)9-8-12-19-17-10-6-5-7-11-17/h5-7,10-11,15-16,18H,4,8-9,12-14H2,1-3H3. The van der Waals surface area contributed by atoms with E-state index in [0.29, 0.717) is 0 Å². The zero-order valence-electron chi connectivity index (χ0n) is 12.7. The van der Waals surface area contributed by atoms with Gasteiger partial charge in [0.2, 0.25) is 0 Å². The molecule has 0 aliphatic carbocycles. The first kappa shape index (κ1) is 16.0. The van der Waals surface area contributed by atoms with Crippen LogP contribution in [0.2, 0.25) is 0 Å². The minimum Gasteiger partial charge on any atom is -0.494 e. The number of benzene rings is 1. The third kappa shape index (κ3) is 7.89. The van der Waals surface area contributed by atoms with Crippen LogP contribution in [0, 0.1) is 11.8 Å². The lowest BCUT2D eigenvalue weighted by Gasteiger charge is -2.19. The molecule has 1 N–H and O–H groups in total. The maximum atomic E-state index is 5.75. The van der Waals surface area contributed by atoms with Crippen LogP contribution in [0.15, 0.2) is 30.3 Å². The van der Waals surface area contributed by atoms with Crippen LogP contribution >= 0.6 is 0 Å². The fourth-order valence-corrected chi connectivity index (χ4v) is 2.40. The molecule has 0 heterocycles. The van der Waals surface area contributed by atoms with E-state index in [0.717, 1.165) is 43.7 Å². The van der Waals surface area contributed by atoms with Crippen molar-refractivity contribution in [2.24, 2.45) is 11.8 Å². The Hall–Kier alpha value is -1.02. The fraction of sp³-hybridized carbons (Fsp3) is 0.647. The molecular weight excluding hydrogens is 234 g/mol. The van der Waals surface area contributed by atoms with E-state index in [2.05, 4.69) is 26.1 Å². The summed E-state index contributed by atoms with van der Waals surface area (Å²) in [5.41, 5.74) is 0. The molecule has 1 atom stereocenters. The van der Waals surface area contributed by atoms with Gasteiger partial charge in [-0.3, -0.25) is 0 Å². The molecule has 1 unspecified atom stereocenters. The largest absolute Gasteiger partial charge is 0.494 e. The summed E-state index contributed by atoms with van der Waals surface area (Å²) in [7, 11) is 0. The Kier molecular flexibility index (Phi) is 8.31. The summed E-state index contributed by atoms with van der Waals surface area (Å²) in [5.74, 6) is 2.53. The number of nitrogens with one attached hydrogen (secondary N) is 1. The number of para-hydroxylation sites is 1. The molecule has 2 heteroatoms. The summed E-state index contributed by atoms with van der Waals surface area (Å²) >= 11 is 0. The van der Waals surface area contributed by atoms with E-state index >= 15 is 0 Å². The Morgan fingerprint density at radius 2 is 1.89 bits per heavy atom. The molecule has 0 radical (unpaired) electrons. The first-order valence-corrected chi connectivity index (χ1v) is 7.61. The number of hydrogen-bond donors (Lipinski definition) is 1. The van der Waals surface area contributed by atoms with Crippen molar-refractivity contribution in [2.45, 2.75) is 40.0 Å². The van der Waals surface area contributed by atoms with E-state index in [-0.39, 0.29) is 0 Å². The van der Waals surface area contributed by atoms with Gasteiger partial charge in [-0.05, 0) is 56.3 Å². The number of ether oxygens (including phenoxy) is 1. The average molecular weight is 263 g/mol. The smallest absolute Gasteiger partial charge is 0.119 e. The highest BCUT2D eigenvalue weighted by atomic mass is 16.5. The summed E-state index contributed by atoms with van der Waals surface area (Å²) in [5, 5.41) is 3.47. The van der Waals surface area contributed by atoms with Gasteiger partial charge in [0.1, 0.15) is 5.75 Å². The molecule has 2 nitrogen and oxygen atoms in total. The zero-order valence-corrected chi connectivity index (χ0v) is 12.7. The second-order valence-electron chi connectivity index (χ2n) is 5.61. The van der Waals surface area contributed by atoms with E-state index in [1.54, 1.807) is 0 Å². The summed E-state index contributed by atoms with van der Waals surface area (Å²) in [6.07, 6.45) is 3.69. The van der Waals surface area contributed by atoms with E-state index < -0.39 is 0 Å². The minimum atomic E-state index is 0.777. The molecule has 0 amide bonds. The Morgan fingerprint density at radius 3 is 2.53 bits per heavy atom. The lowest BCUT2D eigenvalue weighted by Crippen LogP contribution is -2.24. The fourth-order valence-electron chi connectivity index (χ4n) is 2.40. The molecule has 0 saturated heterocycles. The van der Waals surface area contributed by atoms with Gasteiger partial charge in [-0.1, -0.05) is 39.0 Å². The lowest BCUT2D eigenvalue weighted by molar-refractivity contribution is 0.278. The van der Waals surface area contributed by atoms with Gasteiger partial charge >= 0.3 is 0 Å². The van der Waals surface area contributed by atoms with Gasteiger partial charge < -0.3 is 10.1 Å². The van der Waals surface area contributed by atoms with Gasteiger partial charge in [-0.15, -0.1) is 0 Å². The highest BCUT2D eigenvalue weighted by Crippen LogP contribution is 2.17. The lowest BCUT2D eigenvalue weighted by atomic mass is 9.93. The van der Waals surface area contributed by atoms with Crippen molar-refractivity contribution in [3.05, 3.63) is 30.3 Å². The Bertz CT molecular complexity index is 310. The number of hydrogen-bond acceptors (Lipinski definition) is 2. The van der Waals surface area contributed by atoms with Crippen LogP contribution in [-0.4, -0.2) is 19.7 Å². The van der Waals surface area contributed by atoms with Crippen LogP contribution in [0.1, 0.15) is 40.0 Å². The highest BCUT2D eigenvalue weighted by molar-refractivity contribution is 5.20. The maximum absolute atomic E-state index is 5.75. The Morgan fingerprint density at radius 1 is 1.16 bits per heavy atom. The third-order valence-corrected chi connectivity index (χ3v) is 3.26. The predicted octanol–water partition coefficient (Wildman–Crippen LogP) is 4.12. The van der Waals surface area contributed by atoms with Crippen LogP contribution in [0.5, 0.6) is 5.75 Å².